The van der Waals surface area contributed by atoms with Gasteiger partial charge in [-0.2, -0.15) is 0 Å². The molecule has 0 spiro atoms. The van der Waals surface area contributed by atoms with Gasteiger partial charge in [-0.3, -0.25) is 4.79 Å². The van der Waals surface area contributed by atoms with E-state index in [1.54, 1.807) is 0 Å². The number of hydrogen-bond acceptors (Lipinski definition) is 1. The van der Waals surface area contributed by atoms with Crippen molar-refractivity contribution in [3.63, 3.8) is 0 Å². The molecule has 0 heterocycles. The summed E-state index contributed by atoms with van der Waals surface area (Å²) in [5.41, 5.74) is 3.19. The second kappa shape index (κ2) is 8.80. The SMILES string of the molecule is C\C=C/C(C)=C(NC(=O)CC)\C(C)=C\CCC. The first-order valence-corrected chi connectivity index (χ1v) is 6.37. The number of carbonyl (C=O) groups is 1. The Balaban J connectivity index is 5.11. The van der Waals surface area contributed by atoms with E-state index in [4.69, 9.17) is 0 Å². The van der Waals surface area contributed by atoms with Crippen LogP contribution >= 0.6 is 0 Å². The molecule has 0 aromatic carbocycles. The fourth-order valence-electron chi connectivity index (χ4n) is 1.53. The highest BCUT2D eigenvalue weighted by Gasteiger charge is 2.06. The molecule has 0 aliphatic heterocycles. The Morgan fingerprint density at radius 1 is 1.24 bits per heavy atom. The van der Waals surface area contributed by atoms with Gasteiger partial charge in [0.1, 0.15) is 0 Å². The molecule has 0 aliphatic rings. The standard InChI is InChI=1S/C15H25NO/c1-6-9-11-13(5)15(12(4)10-7-2)16-14(17)8-3/h7,10-11H,6,8-9H2,1-5H3,(H,16,17)/b10-7-,13-11+,15-12+. The maximum atomic E-state index is 11.5. The van der Waals surface area contributed by atoms with Crippen LogP contribution in [-0.4, -0.2) is 5.91 Å². The third-order valence-corrected chi connectivity index (χ3v) is 2.53. The number of rotatable bonds is 6. The van der Waals surface area contributed by atoms with Crippen molar-refractivity contribution in [1.82, 2.24) is 5.32 Å². The van der Waals surface area contributed by atoms with Crippen LogP contribution in [0.15, 0.2) is 35.1 Å². The van der Waals surface area contributed by atoms with Crippen molar-refractivity contribution in [3.8, 4) is 0 Å². The number of unbranched alkanes of at least 4 members (excludes halogenated alkanes) is 1. The number of hydrogen-bond donors (Lipinski definition) is 1. The molecule has 0 radical (unpaired) electrons. The summed E-state index contributed by atoms with van der Waals surface area (Å²) in [6.45, 7) is 10.1. The van der Waals surface area contributed by atoms with Gasteiger partial charge < -0.3 is 5.32 Å². The lowest BCUT2D eigenvalue weighted by molar-refractivity contribution is -0.120. The lowest BCUT2D eigenvalue weighted by atomic mass is 10.1. The maximum absolute atomic E-state index is 11.5. The minimum absolute atomic E-state index is 0.0631. The largest absolute Gasteiger partial charge is 0.326 e. The molecule has 0 saturated heterocycles. The Morgan fingerprint density at radius 2 is 1.88 bits per heavy atom. The van der Waals surface area contributed by atoms with E-state index < -0.39 is 0 Å². The first-order chi connectivity index (χ1) is 8.06. The van der Waals surface area contributed by atoms with Crippen molar-refractivity contribution in [1.29, 1.82) is 0 Å². The van der Waals surface area contributed by atoms with Crippen LogP contribution in [0.25, 0.3) is 0 Å². The molecule has 0 aromatic rings. The van der Waals surface area contributed by atoms with Gasteiger partial charge in [-0.25, -0.2) is 0 Å². The van der Waals surface area contributed by atoms with Gasteiger partial charge in [0.05, 0.1) is 0 Å². The zero-order chi connectivity index (χ0) is 13.3. The third kappa shape index (κ3) is 6.10. The average molecular weight is 235 g/mol. The molecule has 1 amide bonds. The van der Waals surface area contributed by atoms with Crippen molar-refractivity contribution in [2.75, 3.05) is 0 Å². The Bertz CT molecular complexity index is 335. The molecule has 0 atom stereocenters. The van der Waals surface area contributed by atoms with Crippen molar-refractivity contribution in [3.05, 3.63) is 35.1 Å². The molecule has 0 fully saturated rings. The van der Waals surface area contributed by atoms with Crippen LogP contribution in [0.5, 0.6) is 0 Å². The molecule has 0 saturated carbocycles. The summed E-state index contributed by atoms with van der Waals surface area (Å²) in [4.78, 5) is 11.5. The summed E-state index contributed by atoms with van der Waals surface area (Å²) >= 11 is 0. The molecule has 0 unspecified atom stereocenters. The fraction of sp³-hybridized carbons (Fsp3) is 0.533. The zero-order valence-corrected chi connectivity index (χ0v) is 11.8. The van der Waals surface area contributed by atoms with E-state index in [1.165, 1.54) is 0 Å². The molecule has 0 rings (SSSR count). The van der Waals surface area contributed by atoms with E-state index in [0.29, 0.717) is 6.42 Å². The Hall–Kier alpha value is -1.31. The molecule has 1 N–H and O–H groups in total. The monoisotopic (exact) mass is 235 g/mol. The fourth-order valence-corrected chi connectivity index (χ4v) is 1.53. The predicted octanol–water partition coefficient (Wildman–Crippen LogP) is 4.11. The summed E-state index contributed by atoms with van der Waals surface area (Å²) in [7, 11) is 0. The van der Waals surface area contributed by atoms with E-state index in [9.17, 15) is 4.79 Å². The summed E-state index contributed by atoms with van der Waals surface area (Å²) in [6, 6.07) is 0. The highest BCUT2D eigenvalue weighted by Crippen LogP contribution is 2.14. The van der Waals surface area contributed by atoms with Crippen LogP contribution in [0.4, 0.5) is 0 Å². The third-order valence-electron chi connectivity index (χ3n) is 2.53. The van der Waals surface area contributed by atoms with E-state index in [1.807, 2.05) is 39.8 Å². The quantitative estimate of drug-likeness (QED) is 0.690. The van der Waals surface area contributed by atoms with E-state index in [2.05, 4.69) is 18.3 Å². The van der Waals surface area contributed by atoms with Gasteiger partial charge in [-0.1, -0.05) is 38.5 Å². The minimum Gasteiger partial charge on any atom is -0.326 e. The summed E-state index contributed by atoms with van der Waals surface area (Å²) in [5, 5.41) is 2.98. The van der Waals surface area contributed by atoms with Crippen molar-refractivity contribution >= 4 is 5.91 Å². The molecule has 0 bridgehead atoms. The van der Waals surface area contributed by atoms with Crippen LogP contribution in [0.2, 0.25) is 0 Å². The number of carbonyl (C=O) groups excluding carboxylic acids is 1. The molecule has 0 aliphatic carbocycles. The van der Waals surface area contributed by atoms with Gasteiger partial charge >= 0.3 is 0 Å². The van der Waals surface area contributed by atoms with E-state index in [0.717, 1.165) is 29.7 Å². The second-order valence-corrected chi connectivity index (χ2v) is 4.14. The molecule has 0 aromatic heterocycles. The molecular formula is C15H25NO. The van der Waals surface area contributed by atoms with Gasteiger partial charge in [0.15, 0.2) is 0 Å². The summed E-state index contributed by atoms with van der Waals surface area (Å²) in [5.74, 6) is 0.0631. The first kappa shape index (κ1) is 15.7. The number of amides is 1. The topological polar surface area (TPSA) is 29.1 Å². The number of nitrogens with one attached hydrogen (secondary N) is 1. The van der Waals surface area contributed by atoms with Gasteiger partial charge in [0.25, 0.3) is 0 Å². The van der Waals surface area contributed by atoms with Crippen LogP contribution < -0.4 is 5.32 Å². The van der Waals surface area contributed by atoms with Crippen LogP contribution in [0.3, 0.4) is 0 Å². The second-order valence-electron chi connectivity index (χ2n) is 4.14. The lowest BCUT2D eigenvalue weighted by Crippen LogP contribution is -2.23. The molecule has 17 heavy (non-hydrogen) atoms. The smallest absolute Gasteiger partial charge is 0.224 e. The van der Waals surface area contributed by atoms with Gasteiger partial charge in [-0.15, -0.1) is 0 Å². The average Bonchev–Trinajstić information content (AvgIpc) is 2.32. The molecule has 2 nitrogen and oxygen atoms in total. The molecular weight excluding hydrogens is 210 g/mol. The van der Waals surface area contributed by atoms with Gasteiger partial charge in [-0.05, 0) is 38.3 Å². The Kier molecular flexibility index (Phi) is 8.12. The molecule has 2 heteroatoms. The predicted molar refractivity (Wildman–Crippen MR) is 74.6 cm³/mol. The zero-order valence-electron chi connectivity index (χ0n) is 11.8. The van der Waals surface area contributed by atoms with Crippen molar-refractivity contribution in [2.24, 2.45) is 0 Å². The van der Waals surface area contributed by atoms with Crippen LogP contribution in [-0.2, 0) is 4.79 Å². The molecule has 96 valence electrons. The summed E-state index contributed by atoms with van der Waals surface area (Å²) in [6.07, 6.45) is 8.86. The highest BCUT2D eigenvalue weighted by molar-refractivity contribution is 5.78. The highest BCUT2D eigenvalue weighted by atomic mass is 16.1. The van der Waals surface area contributed by atoms with Crippen molar-refractivity contribution in [2.45, 2.75) is 53.9 Å². The van der Waals surface area contributed by atoms with Gasteiger partial charge in [0.2, 0.25) is 5.91 Å². The normalized spacial score (nSPS) is 13.8. The summed E-state index contributed by atoms with van der Waals surface area (Å²) < 4.78 is 0. The Morgan fingerprint density at radius 3 is 2.35 bits per heavy atom. The minimum atomic E-state index is 0.0631. The van der Waals surface area contributed by atoms with E-state index in [-0.39, 0.29) is 5.91 Å². The van der Waals surface area contributed by atoms with Crippen LogP contribution in [0, 0.1) is 0 Å². The van der Waals surface area contributed by atoms with E-state index >= 15 is 0 Å². The first-order valence-electron chi connectivity index (χ1n) is 6.37. The maximum Gasteiger partial charge on any atom is 0.224 e. The van der Waals surface area contributed by atoms with Crippen molar-refractivity contribution < 1.29 is 4.79 Å². The van der Waals surface area contributed by atoms with Gasteiger partial charge in [0, 0.05) is 12.1 Å². The van der Waals surface area contributed by atoms with Crippen LogP contribution in [0.1, 0.15) is 53.9 Å². The lowest BCUT2D eigenvalue weighted by Gasteiger charge is -2.12. The number of allylic oxidation sites excluding steroid dienone is 5. The Labute approximate surface area is 105 Å².